The van der Waals surface area contributed by atoms with E-state index in [9.17, 15) is 4.79 Å². The minimum absolute atomic E-state index is 0.0898. The van der Waals surface area contributed by atoms with Gasteiger partial charge in [-0.1, -0.05) is 0 Å². The third-order valence-electron chi connectivity index (χ3n) is 5.77. The van der Waals surface area contributed by atoms with E-state index in [4.69, 9.17) is 5.10 Å². The molecule has 1 fully saturated rings. The molecule has 0 saturated heterocycles. The van der Waals surface area contributed by atoms with Crippen LogP contribution in [0.4, 0.5) is 0 Å². The first-order valence-corrected chi connectivity index (χ1v) is 9.52. The van der Waals surface area contributed by atoms with Gasteiger partial charge in [0.05, 0.1) is 17.4 Å². The summed E-state index contributed by atoms with van der Waals surface area (Å²) in [6, 6.07) is 4.66. The quantitative estimate of drug-likeness (QED) is 0.925. The van der Waals surface area contributed by atoms with Crippen LogP contribution in [0, 0.1) is 0 Å². The number of aryl methyl sites for hydroxylation is 3. The molecule has 2 aromatic heterocycles. The number of nitrogens with zero attached hydrogens (tertiary/aromatic N) is 4. The molecule has 6 nitrogen and oxygen atoms in total. The predicted octanol–water partition coefficient (Wildman–Crippen LogP) is 2.13. The summed E-state index contributed by atoms with van der Waals surface area (Å²) in [7, 11) is 1.97. The fraction of sp³-hybridized carbons (Fsp3) is 0.632. The summed E-state index contributed by atoms with van der Waals surface area (Å²) >= 11 is 0. The molecule has 0 aliphatic heterocycles. The van der Waals surface area contributed by atoms with Crippen molar-refractivity contribution in [3.05, 3.63) is 45.6 Å². The van der Waals surface area contributed by atoms with Crippen LogP contribution in [-0.2, 0) is 26.4 Å². The molecule has 2 aliphatic rings. The fourth-order valence-corrected chi connectivity index (χ4v) is 4.19. The Labute approximate surface area is 148 Å². The molecule has 4 rings (SSSR count). The van der Waals surface area contributed by atoms with Gasteiger partial charge in [-0.2, -0.15) is 10.2 Å². The number of hydrogen-bond acceptors (Lipinski definition) is 4. The Balaban J connectivity index is 1.37. The number of fused-ring (bicyclic) bond motifs is 1. The molecule has 2 heterocycles. The lowest BCUT2D eigenvalue weighted by Gasteiger charge is -2.30. The molecule has 6 heteroatoms. The van der Waals surface area contributed by atoms with E-state index in [0.29, 0.717) is 6.04 Å². The van der Waals surface area contributed by atoms with Crippen molar-refractivity contribution in [2.75, 3.05) is 0 Å². The van der Waals surface area contributed by atoms with E-state index in [1.165, 1.54) is 24.1 Å². The topological polar surface area (TPSA) is 64.7 Å². The fourth-order valence-electron chi connectivity index (χ4n) is 4.19. The third kappa shape index (κ3) is 3.54. The average Bonchev–Trinajstić information content (AvgIpc) is 3.05. The summed E-state index contributed by atoms with van der Waals surface area (Å²) in [6.07, 6.45) is 10.5. The van der Waals surface area contributed by atoms with Crippen molar-refractivity contribution in [3.63, 3.8) is 0 Å². The van der Waals surface area contributed by atoms with Crippen LogP contribution in [0.3, 0.4) is 0 Å². The molecule has 0 spiro atoms. The molecule has 25 heavy (non-hydrogen) atoms. The lowest BCUT2D eigenvalue weighted by atomic mass is 9.91. The minimum Gasteiger partial charge on any atom is -0.308 e. The molecule has 0 aromatic carbocycles. The molecule has 1 N–H and O–H groups in total. The summed E-state index contributed by atoms with van der Waals surface area (Å²) in [6.45, 7) is 0.850. The largest absolute Gasteiger partial charge is 0.308 e. The Kier molecular flexibility index (Phi) is 4.70. The molecule has 1 saturated carbocycles. The first-order chi connectivity index (χ1) is 12.2. The van der Waals surface area contributed by atoms with E-state index in [0.717, 1.165) is 50.8 Å². The van der Waals surface area contributed by atoms with Crippen LogP contribution in [0.1, 0.15) is 61.5 Å². The monoisotopic (exact) mass is 341 g/mol. The van der Waals surface area contributed by atoms with Crippen molar-refractivity contribution in [3.8, 4) is 0 Å². The highest BCUT2D eigenvalue weighted by Gasteiger charge is 2.25. The van der Waals surface area contributed by atoms with Gasteiger partial charge in [0.1, 0.15) is 0 Å². The van der Waals surface area contributed by atoms with E-state index < -0.39 is 0 Å². The van der Waals surface area contributed by atoms with Gasteiger partial charge in [-0.25, -0.2) is 4.68 Å². The Bertz CT molecular complexity index is 785. The van der Waals surface area contributed by atoms with Gasteiger partial charge in [-0.15, -0.1) is 0 Å². The molecule has 0 unspecified atom stereocenters. The van der Waals surface area contributed by atoms with Gasteiger partial charge < -0.3 is 5.32 Å². The van der Waals surface area contributed by atoms with Gasteiger partial charge in [0, 0.05) is 31.9 Å². The first kappa shape index (κ1) is 16.5. The predicted molar refractivity (Wildman–Crippen MR) is 96.5 cm³/mol. The molecular formula is C19H27N5O. The smallest absolute Gasteiger partial charge is 0.267 e. The molecule has 2 aliphatic carbocycles. The molecule has 0 atom stereocenters. The SMILES string of the molecule is Cn1nccc1CNC1CCC(n2nc3c(cc2=O)CCCC3)CC1. The van der Waals surface area contributed by atoms with Crippen molar-refractivity contribution in [1.29, 1.82) is 0 Å². The highest BCUT2D eigenvalue weighted by atomic mass is 16.1. The normalized spacial score (nSPS) is 23.4. The van der Waals surface area contributed by atoms with Gasteiger partial charge in [-0.05, 0) is 63.0 Å². The maximum Gasteiger partial charge on any atom is 0.267 e. The maximum absolute atomic E-state index is 12.5. The summed E-state index contributed by atoms with van der Waals surface area (Å²) < 4.78 is 3.69. The second kappa shape index (κ2) is 7.12. The van der Waals surface area contributed by atoms with Crippen LogP contribution < -0.4 is 10.9 Å². The first-order valence-electron chi connectivity index (χ1n) is 9.52. The van der Waals surface area contributed by atoms with Crippen LogP contribution in [-0.4, -0.2) is 25.6 Å². The lowest BCUT2D eigenvalue weighted by Crippen LogP contribution is -2.37. The van der Waals surface area contributed by atoms with Gasteiger partial charge in [-0.3, -0.25) is 9.48 Å². The summed E-state index contributed by atoms with van der Waals surface area (Å²) in [4.78, 5) is 12.5. The zero-order valence-corrected chi connectivity index (χ0v) is 14.9. The number of aromatic nitrogens is 4. The minimum atomic E-state index is 0.0898. The Morgan fingerprint density at radius 2 is 2.00 bits per heavy atom. The average molecular weight is 341 g/mol. The summed E-state index contributed by atoms with van der Waals surface area (Å²) in [5, 5.41) is 12.6. The van der Waals surface area contributed by atoms with Gasteiger partial charge in [0.25, 0.3) is 5.56 Å². The van der Waals surface area contributed by atoms with Crippen LogP contribution in [0.5, 0.6) is 0 Å². The number of hydrogen-bond donors (Lipinski definition) is 1. The van der Waals surface area contributed by atoms with Crippen molar-refractivity contribution in [2.24, 2.45) is 7.05 Å². The highest BCUT2D eigenvalue weighted by Crippen LogP contribution is 2.28. The molecular weight excluding hydrogens is 314 g/mol. The lowest BCUT2D eigenvalue weighted by molar-refractivity contribution is 0.265. The second-order valence-electron chi connectivity index (χ2n) is 7.44. The van der Waals surface area contributed by atoms with Crippen molar-refractivity contribution in [1.82, 2.24) is 24.9 Å². The third-order valence-corrected chi connectivity index (χ3v) is 5.77. The zero-order valence-electron chi connectivity index (χ0n) is 14.9. The van der Waals surface area contributed by atoms with Crippen molar-refractivity contribution < 1.29 is 0 Å². The van der Waals surface area contributed by atoms with E-state index in [-0.39, 0.29) is 11.6 Å². The molecule has 0 bridgehead atoms. The molecule has 0 amide bonds. The van der Waals surface area contributed by atoms with E-state index in [2.05, 4.69) is 16.5 Å². The number of rotatable bonds is 4. The summed E-state index contributed by atoms with van der Waals surface area (Å²) in [5.41, 5.74) is 3.63. The summed E-state index contributed by atoms with van der Waals surface area (Å²) in [5.74, 6) is 0. The Morgan fingerprint density at radius 3 is 2.76 bits per heavy atom. The molecule has 0 radical (unpaired) electrons. The van der Waals surface area contributed by atoms with Crippen molar-refractivity contribution >= 4 is 0 Å². The standard InChI is InChI=1S/C19H27N5O/c1-23-17(10-11-21-23)13-20-15-6-8-16(9-7-15)24-19(25)12-14-4-2-3-5-18(14)22-24/h10-12,15-16,20H,2-9,13H2,1H3. The van der Waals surface area contributed by atoms with E-state index in [1.54, 1.807) is 4.68 Å². The number of nitrogens with one attached hydrogen (secondary N) is 1. The van der Waals surface area contributed by atoms with E-state index in [1.807, 2.05) is 24.0 Å². The highest BCUT2D eigenvalue weighted by molar-refractivity contribution is 5.20. The molecule has 134 valence electrons. The Morgan fingerprint density at radius 1 is 1.20 bits per heavy atom. The van der Waals surface area contributed by atoms with Gasteiger partial charge >= 0.3 is 0 Å². The van der Waals surface area contributed by atoms with Crippen molar-refractivity contribution in [2.45, 2.75) is 70.0 Å². The van der Waals surface area contributed by atoms with Crippen LogP contribution >= 0.6 is 0 Å². The maximum atomic E-state index is 12.5. The Hall–Kier alpha value is -1.95. The zero-order chi connectivity index (χ0) is 17.2. The molecule has 2 aromatic rings. The second-order valence-corrected chi connectivity index (χ2v) is 7.44. The van der Waals surface area contributed by atoms with E-state index >= 15 is 0 Å². The van der Waals surface area contributed by atoms with Gasteiger partial charge in [0.2, 0.25) is 0 Å². The van der Waals surface area contributed by atoms with Crippen LogP contribution in [0.2, 0.25) is 0 Å². The van der Waals surface area contributed by atoms with Crippen LogP contribution in [0.25, 0.3) is 0 Å². The van der Waals surface area contributed by atoms with Crippen LogP contribution in [0.15, 0.2) is 23.1 Å². The van der Waals surface area contributed by atoms with Gasteiger partial charge in [0.15, 0.2) is 0 Å².